The number of unbranched alkanes of at least 4 members (excludes halogenated alkanes) is 44. The molecule has 0 bridgehead atoms. The molecule has 1 rings (SSSR count). The van der Waals surface area contributed by atoms with Gasteiger partial charge in [-0.05, 0) is 32.1 Å². The fraction of sp³-hybridized carbons (Fsp3) is 0.938. The minimum Gasteiger partial charge on any atom is -0.466 e. The smallest absolute Gasteiger partial charge is 0.305 e. The number of carbonyl (C=O) groups is 2. The van der Waals surface area contributed by atoms with E-state index in [0.29, 0.717) is 19.4 Å². The van der Waals surface area contributed by atoms with E-state index in [9.17, 15) is 35.1 Å². The Bertz CT molecular complexity index is 1270. The Balaban J connectivity index is 1.94. The van der Waals surface area contributed by atoms with Gasteiger partial charge in [0, 0.05) is 12.8 Å². The second kappa shape index (κ2) is 55.3. The van der Waals surface area contributed by atoms with Gasteiger partial charge < -0.3 is 45.1 Å². The topological polar surface area (TPSA) is 175 Å². The first-order valence-electron chi connectivity index (χ1n) is 33.0. The van der Waals surface area contributed by atoms with E-state index < -0.39 is 49.5 Å². The zero-order valence-electron chi connectivity index (χ0n) is 49.7. The van der Waals surface area contributed by atoms with Crippen molar-refractivity contribution in [2.75, 3.05) is 19.8 Å². The van der Waals surface area contributed by atoms with Crippen LogP contribution in [-0.4, -0.2) is 100 Å². The second-order valence-electron chi connectivity index (χ2n) is 23.2. The predicted molar refractivity (Wildman–Crippen MR) is 315 cm³/mol. The number of allylic oxidation sites excluding steroid dienone is 1. The lowest BCUT2D eigenvalue weighted by molar-refractivity contribution is -0.302. The lowest BCUT2D eigenvalue weighted by Gasteiger charge is -2.40. The van der Waals surface area contributed by atoms with Crippen molar-refractivity contribution >= 4 is 11.9 Å². The molecule has 1 aliphatic rings. The molecule has 450 valence electrons. The third-order valence-corrected chi connectivity index (χ3v) is 15.9. The molecule has 0 radical (unpaired) electrons. The van der Waals surface area contributed by atoms with Gasteiger partial charge in [0.2, 0.25) is 5.91 Å². The van der Waals surface area contributed by atoms with E-state index in [4.69, 9.17) is 14.2 Å². The molecule has 1 fully saturated rings. The molecular formula is C65H125NO10. The summed E-state index contributed by atoms with van der Waals surface area (Å²) in [5.74, 6) is -0.171. The molecule has 11 heteroatoms. The number of nitrogens with one attached hydrogen (secondary N) is 1. The van der Waals surface area contributed by atoms with E-state index in [0.717, 1.165) is 51.4 Å². The minimum atomic E-state index is -1.57. The fourth-order valence-electron chi connectivity index (χ4n) is 10.7. The lowest BCUT2D eigenvalue weighted by atomic mass is 9.99. The van der Waals surface area contributed by atoms with Gasteiger partial charge in [0.05, 0.1) is 32.0 Å². The summed E-state index contributed by atoms with van der Waals surface area (Å²) in [5, 5.41) is 54.2. The molecule has 0 aromatic rings. The van der Waals surface area contributed by atoms with Crippen molar-refractivity contribution in [1.82, 2.24) is 5.32 Å². The average Bonchev–Trinajstić information content (AvgIpc) is 3.42. The van der Waals surface area contributed by atoms with Crippen molar-refractivity contribution in [2.24, 2.45) is 0 Å². The van der Waals surface area contributed by atoms with Gasteiger partial charge in [0.25, 0.3) is 0 Å². The van der Waals surface area contributed by atoms with Crippen molar-refractivity contribution in [3.63, 3.8) is 0 Å². The quantitative estimate of drug-likeness (QED) is 0.0195. The van der Waals surface area contributed by atoms with Crippen LogP contribution in [0.2, 0.25) is 0 Å². The maximum absolute atomic E-state index is 13.0. The highest BCUT2D eigenvalue weighted by Crippen LogP contribution is 2.23. The van der Waals surface area contributed by atoms with Gasteiger partial charge in [-0.25, -0.2) is 0 Å². The van der Waals surface area contributed by atoms with E-state index in [2.05, 4.69) is 19.2 Å². The third-order valence-electron chi connectivity index (χ3n) is 15.9. The summed E-state index contributed by atoms with van der Waals surface area (Å²) >= 11 is 0. The van der Waals surface area contributed by atoms with Gasteiger partial charge >= 0.3 is 5.97 Å². The third kappa shape index (κ3) is 44.2. The number of aliphatic hydroxyl groups excluding tert-OH is 5. The van der Waals surface area contributed by atoms with Crippen molar-refractivity contribution < 1.29 is 49.3 Å². The van der Waals surface area contributed by atoms with Crippen molar-refractivity contribution in [2.45, 2.75) is 371 Å². The van der Waals surface area contributed by atoms with Crippen LogP contribution in [0.15, 0.2) is 12.2 Å². The Kier molecular flexibility index (Phi) is 52.7. The zero-order valence-corrected chi connectivity index (χ0v) is 49.7. The van der Waals surface area contributed by atoms with E-state index >= 15 is 0 Å². The Morgan fingerprint density at radius 3 is 1.22 bits per heavy atom. The molecule has 1 heterocycles. The summed E-state index contributed by atoms with van der Waals surface area (Å²) < 4.78 is 16.7. The van der Waals surface area contributed by atoms with Crippen molar-refractivity contribution in [3.05, 3.63) is 12.2 Å². The highest BCUT2D eigenvalue weighted by atomic mass is 16.7. The Hall–Kier alpha value is -1.60. The summed E-state index contributed by atoms with van der Waals surface area (Å²) in [5.41, 5.74) is 0. The normalized spacial score (nSPS) is 18.6. The first-order chi connectivity index (χ1) is 37.2. The maximum Gasteiger partial charge on any atom is 0.305 e. The molecule has 11 nitrogen and oxygen atoms in total. The van der Waals surface area contributed by atoms with Crippen LogP contribution in [0.25, 0.3) is 0 Å². The molecule has 1 amide bonds. The van der Waals surface area contributed by atoms with Crippen molar-refractivity contribution in [1.29, 1.82) is 0 Å². The molecule has 76 heavy (non-hydrogen) atoms. The Morgan fingerprint density at radius 1 is 0.474 bits per heavy atom. The van der Waals surface area contributed by atoms with E-state index in [-0.39, 0.29) is 18.5 Å². The number of ether oxygens (including phenoxy) is 3. The molecule has 0 aromatic heterocycles. The number of hydrogen-bond acceptors (Lipinski definition) is 10. The molecule has 1 saturated heterocycles. The number of rotatable bonds is 58. The van der Waals surface area contributed by atoms with Crippen LogP contribution in [0, 0.1) is 0 Å². The first-order valence-corrected chi connectivity index (χ1v) is 33.0. The fourth-order valence-corrected chi connectivity index (χ4v) is 10.7. The molecule has 7 atom stereocenters. The van der Waals surface area contributed by atoms with Gasteiger partial charge in [0.1, 0.15) is 24.4 Å². The first kappa shape index (κ1) is 72.4. The summed E-state index contributed by atoms with van der Waals surface area (Å²) in [6.45, 7) is 4.35. The Morgan fingerprint density at radius 2 is 0.829 bits per heavy atom. The largest absolute Gasteiger partial charge is 0.466 e. The summed E-state index contributed by atoms with van der Waals surface area (Å²) in [4.78, 5) is 25.1. The predicted octanol–water partition coefficient (Wildman–Crippen LogP) is 15.9. The number of amides is 1. The average molecular weight is 1080 g/mol. The van der Waals surface area contributed by atoms with Gasteiger partial charge in [-0.15, -0.1) is 0 Å². The molecule has 0 spiro atoms. The van der Waals surface area contributed by atoms with Gasteiger partial charge in [-0.2, -0.15) is 0 Å². The zero-order chi connectivity index (χ0) is 55.2. The molecule has 6 N–H and O–H groups in total. The van der Waals surface area contributed by atoms with E-state index in [1.807, 2.05) is 6.08 Å². The van der Waals surface area contributed by atoms with Crippen LogP contribution in [0.1, 0.15) is 328 Å². The van der Waals surface area contributed by atoms with E-state index in [1.54, 1.807) is 6.08 Å². The van der Waals surface area contributed by atoms with Gasteiger partial charge in [-0.3, -0.25) is 9.59 Å². The molecule has 0 aromatic carbocycles. The van der Waals surface area contributed by atoms with Crippen LogP contribution in [-0.2, 0) is 23.8 Å². The van der Waals surface area contributed by atoms with Crippen LogP contribution in [0.5, 0.6) is 0 Å². The SMILES string of the molecule is CCCCCCCCC/C=C/C(O)C(COC1OC(CO)C(O)C(O)C1O)NC(=O)CCCCCCCCCCCCCCCCCCCCCCCCCCCCOC(=O)CCCCCCCCCCCCCCC. The second-order valence-corrected chi connectivity index (χ2v) is 23.2. The lowest BCUT2D eigenvalue weighted by Crippen LogP contribution is -2.60. The van der Waals surface area contributed by atoms with Crippen LogP contribution in [0.3, 0.4) is 0 Å². The molecule has 1 aliphatic heterocycles. The molecule has 7 unspecified atom stereocenters. The number of carbonyl (C=O) groups excluding carboxylic acids is 2. The minimum absolute atomic E-state index is 0.00929. The van der Waals surface area contributed by atoms with Gasteiger partial charge in [-0.1, -0.05) is 296 Å². The van der Waals surface area contributed by atoms with Crippen LogP contribution >= 0.6 is 0 Å². The number of hydrogen-bond donors (Lipinski definition) is 6. The van der Waals surface area contributed by atoms with Crippen LogP contribution < -0.4 is 5.32 Å². The maximum atomic E-state index is 13.0. The van der Waals surface area contributed by atoms with Crippen LogP contribution in [0.4, 0.5) is 0 Å². The molecular weight excluding hydrogens is 955 g/mol. The number of esters is 1. The molecule has 0 aliphatic carbocycles. The summed E-state index contributed by atoms with van der Waals surface area (Å²) in [7, 11) is 0. The van der Waals surface area contributed by atoms with E-state index in [1.165, 1.54) is 250 Å². The highest BCUT2D eigenvalue weighted by molar-refractivity contribution is 5.76. The van der Waals surface area contributed by atoms with Gasteiger partial charge in [0.15, 0.2) is 6.29 Å². The monoisotopic (exact) mass is 1080 g/mol. The molecule has 0 saturated carbocycles. The number of aliphatic hydroxyl groups is 5. The Labute approximate surface area is 468 Å². The summed E-state index contributed by atoms with van der Waals surface area (Å²) in [6, 6.07) is -0.806. The standard InChI is InChI=1S/C65H125NO10/c1-3-5-7-9-11-13-14-29-33-37-41-45-49-53-61(70)74-54-50-46-42-38-34-31-28-26-24-22-20-18-16-15-17-19-21-23-25-27-30-32-36-40-44-48-52-60(69)66-57(58(68)51-47-43-39-35-12-10-8-6-4-2)56-75-65-64(73)63(72)62(71)59(55-67)76-65/h47,51,57-59,62-65,67-68,71-73H,3-46,48-50,52-56H2,1-2H3,(H,66,69)/b51-47+. The van der Waals surface area contributed by atoms with Crippen molar-refractivity contribution in [3.8, 4) is 0 Å². The highest BCUT2D eigenvalue weighted by Gasteiger charge is 2.44. The summed E-state index contributed by atoms with van der Waals surface area (Å²) in [6.07, 6.45) is 56.3.